The second-order valence-corrected chi connectivity index (χ2v) is 13.1. The maximum absolute atomic E-state index is 12.9. The van der Waals surface area contributed by atoms with E-state index in [2.05, 4.69) is 24.5 Å². The maximum Gasteiger partial charge on any atom is 0.261 e. The van der Waals surface area contributed by atoms with Crippen LogP contribution in [0.15, 0.2) is 30.3 Å². The number of aryl methyl sites for hydroxylation is 4. The first kappa shape index (κ1) is 24.4. The molecule has 30 heavy (non-hydrogen) atoms. The molecule has 0 saturated heterocycles. The molecule has 2 N–H and O–H groups in total. The Hall–Kier alpha value is -1.90. The molecule has 0 radical (unpaired) electrons. The van der Waals surface area contributed by atoms with E-state index in [-0.39, 0.29) is 11.8 Å². The predicted molar refractivity (Wildman–Crippen MR) is 132 cm³/mol. The lowest BCUT2D eigenvalue weighted by molar-refractivity contribution is -0.114. The zero-order valence-corrected chi connectivity index (χ0v) is 20.5. The molecule has 0 aliphatic heterocycles. The lowest BCUT2D eigenvalue weighted by Crippen LogP contribution is -2.28. The van der Waals surface area contributed by atoms with Gasteiger partial charge in [-0.2, -0.15) is 0 Å². The first-order valence-electron chi connectivity index (χ1n) is 10.4. The minimum Gasteiger partial charge on any atom is -0.322 e. The molecule has 2 amide bonds. The van der Waals surface area contributed by atoms with Gasteiger partial charge >= 0.3 is 0 Å². The lowest BCUT2D eigenvalue weighted by atomic mass is 10.1. The Bertz CT molecular complexity index is 896. The van der Waals surface area contributed by atoms with Gasteiger partial charge in [-0.15, -0.1) is 0 Å². The lowest BCUT2D eigenvalue weighted by Gasteiger charge is -2.25. The fourth-order valence-corrected chi connectivity index (χ4v) is 6.97. The van der Waals surface area contributed by atoms with Crippen molar-refractivity contribution < 1.29 is 9.59 Å². The number of carbonyl (C=O) groups is 2. The van der Waals surface area contributed by atoms with E-state index in [0.29, 0.717) is 17.3 Å². The molecule has 6 heteroatoms. The van der Waals surface area contributed by atoms with Crippen LogP contribution in [0.5, 0.6) is 0 Å². The van der Waals surface area contributed by atoms with Gasteiger partial charge in [0.25, 0.3) is 11.8 Å². The van der Waals surface area contributed by atoms with Gasteiger partial charge in [-0.1, -0.05) is 29.8 Å². The Morgan fingerprint density at radius 1 is 0.800 bits per heavy atom. The molecular formula is C24H33ClN2O2P+. The molecule has 0 spiro atoms. The summed E-state index contributed by atoms with van der Waals surface area (Å²) in [5, 5.41) is 6.82. The standard InChI is InChI=1S/C24H32ClN2O2P/c1-7-30(8-2,14-21(28)26-23-16(3)10-9-11-17(23)4)15-22(29)27-24-18(5)12-20(25)13-19(24)6/h9-13H,7-8,14-15H2,1-6H3,(H-,26,27,28,29)/p+1. The van der Waals surface area contributed by atoms with Crippen LogP contribution in [0.3, 0.4) is 0 Å². The molecule has 162 valence electrons. The molecule has 4 nitrogen and oxygen atoms in total. The highest BCUT2D eigenvalue weighted by molar-refractivity contribution is 7.77. The van der Waals surface area contributed by atoms with Crippen LogP contribution >= 0.6 is 18.9 Å². The Balaban J connectivity index is 2.13. The summed E-state index contributed by atoms with van der Waals surface area (Å²) in [7, 11) is -1.76. The van der Waals surface area contributed by atoms with Gasteiger partial charge in [0.05, 0.1) is 12.3 Å². The summed E-state index contributed by atoms with van der Waals surface area (Å²) in [6.45, 7) is 12.1. The summed E-state index contributed by atoms with van der Waals surface area (Å²) >= 11 is 6.10. The molecule has 0 bridgehead atoms. The second kappa shape index (κ2) is 10.4. The summed E-state index contributed by atoms with van der Waals surface area (Å²) in [4.78, 5) is 25.8. The molecular weight excluding hydrogens is 415 g/mol. The van der Waals surface area contributed by atoms with E-state index in [4.69, 9.17) is 11.6 Å². The molecule has 0 aliphatic carbocycles. The molecule has 2 rings (SSSR count). The highest BCUT2D eigenvalue weighted by Gasteiger charge is 2.39. The van der Waals surface area contributed by atoms with Gasteiger partial charge in [-0.25, -0.2) is 0 Å². The van der Waals surface area contributed by atoms with Crippen molar-refractivity contribution in [2.24, 2.45) is 0 Å². The van der Waals surface area contributed by atoms with Gasteiger partial charge < -0.3 is 10.6 Å². The Morgan fingerprint density at radius 2 is 1.20 bits per heavy atom. The third kappa shape index (κ3) is 6.06. The zero-order valence-electron chi connectivity index (χ0n) is 18.9. The van der Waals surface area contributed by atoms with Crippen molar-refractivity contribution in [3.8, 4) is 0 Å². The van der Waals surface area contributed by atoms with E-state index in [1.807, 2.05) is 58.0 Å². The van der Waals surface area contributed by atoms with Gasteiger partial charge in [-0.3, -0.25) is 9.59 Å². The van der Waals surface area contributed by atoms with Crippen LogP contribution in [-0.4, -0.2) is 36.5 Å². The molecule has 0 unspecified atom stereocenters. The quantitative estimate of drug-likeness (QED) is 0.473. The van der Waals surface area contributed by atoms with Gasteiger partial charge in [-0.05, 0) is 75.9 Å². The van der Waals surface area contributed by atoms with Crippen LogP contribution in [0.4, 0.5) is 11.4 Å². The third-order valence-corrected chi connectivity index (χ3v) is 10.6. The number of halogens is 1. The molecule has 0 aliphatic rings. The molecule has 0 heterocycles. The van der Waals surface area contributed by atoms with E-state index in [0.717, 1.165) is 46.0 Å². The zero-order chi connectivity index (χ0) is 22.5. The summed E-state index contributed by atoms with van der Waals surface area (Å²) in [5.74, 6) is -0.0310. The van der Waals surface area contributed by atoms with Crippen molar-refractivity contribution in [2.75, 3.05) is 35.3 Å². The highest BCUT2D eigenvalue weighted by atomic mass is 35.5. The molecule has 0 fully saturated rings. The van der Waals surface area contributed by atoms with Crippen molar-refractivity contribution in [3.63, 3.8) is 0 Å². The van der Waals surface area contributed by atoms with Crippen molar-refractivity contribution in [1.82, 2.24) is 0 Å². The van der Waals surface area contributed by atoms with Gasteiger partial charge in [0.1, 0.15) is 12.3 Å². The van der Waals surface area contributed by atoms with Crippen LogP contribution in [0.25, 0.3) is 0 Å². The molecule has 2 aromatic rings. The predicted octanol–water partition coefficient (Wildman–Crippen LogP) is 6.21. The minimum atomic E-state index is -1.76. The summed E-state index contributed by atoms with van der Waals surface area (Å²) in [5.41, 5.74) is 5.67. The fraction of sp³-hybridized carbons (Fsp3) is 0.417. The van der Waals surface area contributed by atoms with Gasteiger partial charge in [0, 0.05) is 23.7 Å². The number of amides is 2. The van der Waals surface area contributed by atoms with E-state index in [1.165, 1.54) is 0 Å². The molecule has 2 aromatic carbocycles. The van der Waals surface area contributed by atoms with E-state index in [9.17, 15) is 9.59 Å². The number of hydrogen-bond acceptors (Lipinski definition) is 2. The third-order valence-electron chi connectivity index (χ3n) is 5.81. The van der Waals surface area contributed by atoms with Crippen molar-refractivity contribution >= 4 is 42.1 Å². The van der Waals surface area contributed by atoms with Crippen molar-refractivity contribution in [1.29, 1.82) is 0 Å². The first-order chi connectivity index (χ1) is 14.1. The molecule has 0 aromatic heterocycles. The fourth-order valence-electron chi connectivity index (χ4n) is 3.81. The van der Waals surface area contributed by atoms with Crippen LogP contribution in [0.2, 0.25) is 5.02 Å². The number of nitrogens with one attached hydrogen (secondary N) is 2. The number of carbonyl (C=O) groups excluding carboxylic acids is 2. The Morgan fingerprint density at radius 3 is 1.60 bits per heavy atom. The largest absolute Gasteiger partial charge is 0.322 e. The van der Waals surface area contributed by atoms with Gasteiger partial charge in [0.15, 0.2) is 0 Å². The molecule has 0 atom stereocenters. The van der Waals surface area contributed by atoms with Crippen molar-refractivity contribution in [2.45, 2.75) is 41.5 Å². The van der Waals surface area contributed by atoms with Crippen LogP contribution < -0.4 is 10.6 Å². The monoisotopic (exact) mass is 447 g/mol. The maximum atomic E-state index is 12.9. The topological polar surface area (TPSA) is 58.2 Å². The van der Waals surface area contributed by atoms with Crippen LogP contribution in [-0.2, 0) is 9.59 Å². The van der Waals surface area contributed by atoms with E-state index in [1.54, 1.807) is 0 Å². The first-order valence-corrected chi connectivity index (χ1v) is 13.3. The SMILES string of the molecule is CC[P+](CC)(CC(=O)Nc1c(C)cccc1C)CC(=O)Nc1c(C)cc(Cl)cc1C. The second-order valence-electron chi connectivity index (χ2n) is 8.07. The average Bonchev–Trinajstić information content (AvgIpc) is 2.67. The number of anilines is 2. The van der Waals surface area contributed by atoms with Crippen molar-refractivity contribution in [3.05, 3.63) is 57.6 Å². The Labute approximate surface area is 186 Å². The van der Waals surface area contributed by atoms with E-state index < -0.39 is 7.26 Å². The normalized spacial score (nSPS) is 11.3. The minimum absolute atomic E-state index is 0.00362. The summed E-state index contributed by atoms with van der Waals surface area (Å²) < 4.78 is 0. The van der Waals surface area contributed by atoms with E-state index >= 15 is 0 Å². The summed E-state index contributed by atoms with van der Waals surface area (Å²) in [6, 6.07) is 9.68. The smallest absolute Gasteiger partial charge is 0.261 e. The Kier molecular flexibility index (Phi) is 8.46. The average molecular weight is 448 g/mol. The number of hydrogen-bond donors (Lipinski definition) is 2. The van der Waals surface area contributed by atoms with Gasteiger partial charge in [0.2, 0.25) is 0 Å². The highest BCUT2D eigenvalue weighted by Crippen LogP contribution is 2.58. The van der Waals surface area contributed by atoms with Crippen LogP contribution in [0, 0.1) is 27.7 Å². The summed E-state index contributed by atoms with van der Waals surface area (Å²) in [6.07, 6.45) is 2.53. The van der Waals surface area contributed by atoms with Crippen LogP contribution in [0.1, 0.15) is 36.1 Å². The number of para-hydroxylation sites is 1. The number of benzene rings is 2. The molecule has 0 saturated carbocycles. The number of rotatable bonds is 8.